The molecule has 0 bridgehead atoms. The zero-order valence-electron chi connectivity index (χ0n) is 14.2. The predicted octanol–water partition coefficient (Wildman–Crippen LogP) is 6.51. The third kappa shape index (κ3) is 5.09. The topological polar surface area (TPSA) is 0 Å². The Balaban J connectivity index is 1.41. The molecule has 3 aromatic rings. The number of benzene rings is 3. The maximum atomic E-state index is 2.44. The molecule has 3 aromatic carbocycles. The van der Waals surface area contributed by atoms with Crippen LogP contribution in [0.4, 0.5) is 0 Å². The summed E-state index contributed by atoms with van der Waals surface area (Å²) >= 11 is 0. The van der Waals surface area contributed by atoms with E-state index < -0.39 is 0 Å². The van der Waals surface area contributed by atoms with Gasteiger partial charge in [-0.15, -0.1) is 0 Å². The van der Waals surface area contributed by atoms with Crippen molar-refractivity contribution in [2.75, 3.05) is 0 Å². The van der Waals surface area contributed by atoms with E-state index in [1.54, 1.807) is 0 Å². The average molecular weight is 313 g/mol. The van der Waals surface area contributed by atoms with Crippen LogP contribution in [-0.4, -0.2) is 0 Å². The van der Waals surface area contributed by atoms with Crippen LogP contribution in [0.1, 0.15) is 30.4 Å². The molecule has 121 valence electrons. The molecule has 0 N–H and O–H groups in total. The summed E-state index contributed by atoms with van der Waals surface area (Å²) in [5.41, 5.74) is 5.49. The van der Waals surface area contributed by atoms with E-state index >= 15 is 0 Å². The van der Waals surface area contributed by atoms with E-state index in [0.29, 0.717) is 0 Å². The maximum Gasteiger partial charge on any atom is -0.0181 e. The highest BCUT2D eigenvalue weighted by Gasteiger charge is 1.99. The second-order valence-electron chi connectivity index (χ2n) is 6.27. The average Bonchev–Trinajstić information content (AvgIpc) is 2.66. The van der Waals surface area contributed by atoms with Crippen LogP contribution < -0.4 is 0 Å². The number of aryl methyl sites for hydroxylation is 2. The van der Waals surface area contributed by atoms with Crippen molar-refractivity contribution in [3.8, 4) is 11.1 Å². The first-order valence-corrected chi connectivity index (χ1v) is 8.92. The molecule has 0 nitrogen and oxygen atoms in total. The van der Waals surface area contributed by atoms with Crippen molar-refractivity contribution in [3.05, 3.63) is 102 Å². The molecule has 0 aromatic heterocycles. The number of unbranched alkanes of at least 4 members (excludes halogenated alkanes) is 3. The highest BCUT2D eigenvalue weighted by Crippen LogP contribution is 2.21. The van der Waals surface area contributed by atoms with Gasteiger partial charge in [-0.05, 0) is 60.8 Å². The van der Waals surface area contributed by atoms with Crippen LogP contribution in [0.5, 0.6) is 0 Å². The van der Waals surface area contributed by atoms with E-state index in [1.807, 2.05) is 0 Å². The second-order valence-corrected chi connectivity index (χ2v) is 6.27. The van der Waals surface area contributed by atoms with Crippen LogP contribution in [0.15, 0.2) is 84.9 Å². The van der Waals surface area contributed by atoms with E-state index in [1.165, 1.54) is 41.5 Å². The van der Waals surface area contributed by atoms with Crippen LogP contribution in [0.2, 0.25) is 0 Å². The molecule has 0 atom stereocenters. The first-order chi connectivity index (χ1) is 11.9. The summed E-state index contributed by atoms with van der Waals surface area (Å²) in [5.74, 6) is 0. The molecular weight excluding hydrogens is 288 g/mol. The highest BCUT2D eigenvalue weighted by molar-refractivity contribution is 5.63. The van der Waals surface area contributed by atoms with Crippen molar-refractivity contribution in [1.29, 1.82) is 0 Å². The van der Waals surface area contributed by atoms with Gasteiger partial charge in [0.2, 0.25) is 0 Å². The summed E-state index contributed by atoms with van der Waals surface area (Å²) in [6, 6.07) is 30.3. The van der Waals surface area contributed by atoms with Crippen LogP contribution in [0.3, 0.4) is 0 Å². The SMILES string of the molecule is [CH](CCCc1ccccc1)CCc1cccc(-c2ccccc2)c1. The Morgan fingerprint density at radius 1 is 0.542 bits per heavy atom. The van der Waals surface area contributed by atoms with E-state index in [-0.39, 0.29) is 0 Å². The molecule has 0 saturated heterocycles. The van der Waals surface area contributed by atoms with E-state index in [9.17, 15) is 0 Å². The lowest BCUT2D eigenvalue weighted by Gasteiger charge is -2.06. The molecule has 0 heterocycles. The summed E-state index contributed by atoms with van der Waals surface area (Å²) in [6.07, 6.45) is 8.36. The zero-order valence-corrected chi connectivity index (χ0v) is 14.2. The molecule has 24 heavy (non-hydrogen) atoms. The molecule has 0 aliphatic carbocycles. The number of hydrogen-bond donors (Lipinski definition) is 0. The molecule has 0 spiro atoms. The summed E-state index contributed by atoms with van der Waals surface area (Å²) < 4.78 is 0. The van der Waals surface area contributed by atoms with Gasteiger partial charge < -0.3 is 0 Å². The maximum absolute atomic E-state index is 2.44. The van der Waals surface area contributed by atoms with Gasteiger partial charge in [-0.25, -0.2) is 0 Å². The molecule has 0 saturated carbocycles. The molecule has 0 heteroatoms. The minimum atomic E-state index is 1.13. The molecular formula is C24H25. The van der Waals surface area contributed by atoms with Crippen molar-refractivity contribution in [1.82, 2.24) is 0 Å². The Labute approximate surface area is 146 Å². The molecule has 3 rings (SSSR count). The molecule has 0 aliphatic heterocycles. The molecule has 0 aliphatic rings. The van der Waals surface area contributed by atoms with E-state index in [2.05, 4.69) is 91.3 Å². The van der Waals surface area contributed by atoms with Crippen molar-refractivity contribution in [2.24, 2.45) is 0 Å². The van der Waals surface area contributed by atoms with Crippen molar-refractivity contribution >= 4 is 0 Å². The Hall–Kier alpha value is -2.34. The van der Waals surface area contributed by atoms with Crippen molar-refractivity contribution in [2.45, 2.75) is 32.1 Å². The minimum absolute atomic E-state index is 1.13. The van der Waals surface area contributed by atoms with Gasteiger partial charge in [0, 0.05) is 0 Å². The third-order valence-electron chi connectivity index (χ3n) is 4.39. The molecule has 0 fully saturated rings. The largest absolute Gasteiger partial charge is 0.0622 e. The number of hydrogen-bond acceptors (Lipinski definition) is 0. The molecule has 1 radical (unpaired) electrons. The van der Waals surface area contributed by atoms with Gasteiger partial charge in [0.15, 0.2) is 0 Å². The standard InChI is InChI=1S/C24H25/c1(5-12-21-13-7-3-8-14-21)2-6-15-22-16-11-19-24(20-22)23-17-9-4-10-18-23/h2-4,7-11,13-14,16-20H,1,5-6,12,15H2. The molecule has 0 amide bonds. The van der Waals surface area contributed by atoms with Gasteiger partial charge in [-0.2, -0.15) is 0 Å². The smallest absolute Gasteiger partial charge is 0.0181 e. The van der Waals surface area contributed by atoms with Crippen LogP contribution in [0, 0.1) is 6.42 Å². The molecule has 0 unspecified atom stereocenters. The predicted molar refractivity (Wildman–Crippen MR) is 104 cm³/mol. The zero-order chi connectivity index (χ0) is 16.5. The second kappa shape index (κ2) is 9.08. The van der Waals surface area contributed by atoms with Crippen LogP contribution in [0.25, 0.3) is 11.1 Å². The van der Waals surface area contributed by atoms with Crippen molar-refractivity contribution < 1.29 is 0 Å². The summed E-state index contributed by atoms with van der Waals surface area (Å²) in [7, 11) is 0. The quantitative estimate of drug-likeness (QED) is 0.416. The fourth-order valence-electron chi connectivity index (χ4n) is 3.05. The van der Waals surface area contributed by atoms with Gasteiger partial charge in [0.1, 0.15) is 0 Å². The summed E-state index contributed by atoms with van der Waals surface area (Å²) in [6.45, 7) is 0. The summed E-state index contributed by atoms with van der Waals surface area (Å²) in [4.78, 5) is 0. The number of rotatable bonds is 8. The Bertz CT molecular complexity index is 713. The van der Waals surface area contributed by atoms with Crippen LogP contribution >= 0.6 is 0 Å². The van der Waals surface area contributed by atoms with Gasteiger partial charge >= 0.3 is 0 Å². The lowest BCUT2D eigenvalue weighted by Crippen LogP contribution is -1.90. The van der Waals surface area contributed by atoms with Crippen LogP contribution in [-0.2, 0) is 12.8 Å². The van der Waals surface area contributed by atoms with Gasteiger partial charge in [-0.3, -0.25) is 0 Å². The summed E-state index contributed by atoms with van der Waals surface area (Å²) in [5, 5.41) is 0. The lowest BCUT2D eigenvalue weighted by molar-refractivity contribution is 0.760. The first-order valence-electron chi connectivity index (χ1n) is 8.92. The van der Waals surface area contributed by atoms with Gasteiger partial charge in [0.25, 0.3) is 0 Å². The fraction of sp³-hybridized carbons (Fsp3) is 0.208. The Morgan fingerprint density at radius 3 is 2.00 bits per heavy atom. The monoisotopic (exact) mass is 313 g/mol. The highest BCUT2D eigenvalue weighted by atomic mass is 14.0. The normalized spacial score (nSPS) is 10.7. The van der Waals surface area contributed by atoms with E-state index in [0.717, 1.165) is 12.8 Å². The Kier molecular flexibility index (Phi) is 6.25. The van der Waals surface area contributed by atoms with E-state index in [4.69, 9.17) is 0 Å². The van der Waals surface area contributed by atoms with Gasteiger partial charge in [-0.1, -0.05) is 84.9 Å². The van der Waals surface area contributed by atoms with Gasteiger partial charge in [0.05, 0.1) is 0 Å². The fourth-order valence-corrected chi connectivity index (χ4v) is 3.05. The third-order valence-corrected chi connectivity index (χ3v) is 4.39. The first kappa shape index (κ1) is 16.5. The van der Waals surface area contributed by atoms with Crippen molar-refractivity contribution in [3.63, 3.8) is 0 Å². The Morgan fingerprint density at radius 2 is 1.21 bits per heavy atom. The lowest BCUT2D eigenvalue weighted by atomic mass is 9.99. The minimum Gasteiger partial charge on any atom is -0.0622 e.